The van der Waals surface area contributed by atoms with E-state index >= 15 is 0 Å². The van der Waals surface area contributed by atoms with Gasteiger partial charge in [0.1, 0.15) is 23.4 Å². The van der Waals surface area contributed by atoms with E-state index < -0.39 is 6.10 Å². The molecule has 0 amide bonds. The zero-order valence-corrected chi connectivity index (χ0v) is 18.6. The fourth-order valence-electron chi connectivity index (χ4n) is 2.89. The van der Waals surface area contributed by atoms with Gasteiger partial charge in [-0.05, 0) is 49.2 Å². The van der Waals surface area contributed by atoms with Crippen LogP contribution >= 0.6 is 11.6 Å². The van der Waals surface area contributed by atoms with Crippen LogP contribution in [0.1, 0.15) is 24.2 Å². The molecule has 0 aliphatic rings. The van der Waals surface area contributed by atoms with Gasteiger partial charge in [0.05, 0.1) is 27.9 Å². The fourth-order valence-corrected chi connectivity index (χ4v) is 3.16. The molecular formula is C22H30ClN3O4. The lowest BCUT2D eigenvalue weighted by Crippen LogP contribution is -2.38. The van der Waals surface area contributed by atoms with Gasteiger partial charge in [0.2, 0.25) is 0 Å². The van der Waals surface area contributed by atoms with E-state index in [0.717, 1.165) is 17.7 Å². The molecule has 1 unspecified atom stereocenters. The van der Waals surface area contributed by atoms with Crippen molar-refractivity contribution < 1.29 is 19.3 Å². The minimum atomic E-state index is -0.832. The lowest BCUT2D eigenvalue weighted by Gasteiger charge is -2.16. The van der Waals surface area contributed by atoms with E-state index in [-0.39, 0.29) is 6.54 Å². The number of benzene rings is 2. The third-order valence-corrected chi connectivity index (χ3v) is 4.86. The molecule has 3 N–H and O–H groups in total. The van der Waals surface area contributed by atoms with E-state index in [9.17, 15) is 5.11 Å². The van der Waals surface area contributed by atoms with Crippen LogP contribution in [0.5, 0.6) is 17.2 Å². The summed E-state index contributed by atoms with van der Waals surface area (Å²) in [7, 11) is 4.76. The second-order valence-corrected chi connectivity index (χ2v) is 6.88. The number of guanidine groups is 1. The number of nitrogens with zero attached hydrogens (tertiary/aromatic N) is 1. The molecule has 0 fully saturated rings. The first kappa shape index (κ1) is 23.6. The average molecular weight is 436 g/mol. The summed E-state index contributed by atoms with van der Waals surface area (Å²) in [5.41, 5.74) is 1.64. The van der Waals surface area contributed by atoms with E-state index in [2.05, 4.69) is 15.6 Å². The molecule has 0 bridgehead atoms. The van der Waals surface area contributed by atoms with Crippen molar-refractivity contribution in [3.8, 4) is 17.2 Å². The lowest BCUT2D eigenvalue weighted by atomic mass is 10.1. The molecule has 164 valence electrons. The summed E-state index contributed by atoms with van der Waals surface area (Å²) in [5.74, 6) is 2.58. The summed E-state index contributed by atoms with van der Waals surface area (Å²) < 4.78 is 15.8. The minimum Gasteiger partial charge on any atom is -0.497 e. The standard InChI is InChI=1S/C22H30ClN3O4/c1-5-24-22(25-11-10-15-6-7-17(29-3)13-19(15)23)26-14-20(27)18-12-16(28-2)8-9-21(18)30-4/h6-9,12-13,20,27H,5,10-11,14H2,1-4H3,(H2,24,25,26). The predicted octanol–water partition coefficient (Wildman–Crippen LogP) is 3.20. The average Bonchev–Trinajstić information content (AvgIpc) is 2.77. The minimum absolute atomic E-state index is 0.169. The summed E-state index contributed by atoms with van der Waals surface area (Å²) in [6.07, 6.45) is -0.110. The van der Waals surface area contributed by atoms with E-state index in [1.807, 2.05) is 19.1 Å². The van der Waals surface area contributed by atoms with Crippen molar-refractivity contribution in [2.24, 2.45) is 4.99 Å². The molecule has 2 aromatic rings. The maximum Gasteiger partial charge on any atom is 0.191 e. The van der Waals surface area contributed by atoms with Crippen molar-refractivity contribution in [2.75, 3.05) is 41.0 Å². The van der Waals surface area contributed by atoms with Crippen molar-refractivity contribution >= 4 is 17.6 Å². The Hall–Kier alpha value is -2.64. The smallest absolute Gasteiger partial charge is 0.191 e. The Balaban J connectivity index is 2.00. The Bertz CT molecular complexity index is 845. The first-order valence-corrected chi connectivity index (χ1v) is 10.1. The van der Waals surface area contributed by atoms with Crippen LogP contribution in [-0.4, -0.2) is 52.0 Å². The predicted molar refractivity (Wildman–Crippen MR) is 120 cm³/mol. The van der Waals surface area contributed by atoms with E-state index in [0.29, 0.717) is 41.1 Å². The molecule has 0 spiro atoms. The summed E-state index contributed by atoms with van der Waals surface area (Å²) in [5, 5.41) is 17.7. The van der Waals surface area contributed by atoms with Gasteiger partial charge in [-0.15, -0.1) is 0 Å². The van der Waals surface area contributed by atoms with Gasteiger partial charge >= 0.3 is 0 Å². The van der Waals surface area contributed by atoms with Crippen LogP contribution in [0.15, 0.2) is 41.4 Å². The number of halogens is 1. The molecular weight excluding hydrogens is 406 g/mol. The number of rotatable bonds is 10. The van der Waals surface area contributed by atoms with E-state index in [4.69, 9.17) is 25.8 Å². The van der Waals surface area contributed by atoms with Gasteiger partial charge in [-0.3, -0.25) is 4.99 Å². The first-order chi connectivity index (χ1) is 14.5. The summed E-state index contributed by atoms with van der Waals surface area (Å²) in [6.45, 7) is 3.49. The van der Waals surface area contributed by atoms with Crippen molar-refractivity contribution in [3.05, 3.63) is 52.5 Å². The molecule has 0 aliphatic carbocycles. The van der Waals surface area contributed by atoms with Crippen molar-refractivity contribution in [2.45, 2.75) is 19.4 Å². The van der Waals surface area contributed by atoms with Gasteiger partial charge in [0.15, 0.2) is 5.96 Å². The number of hydrogen-bond donors (Lipinski definition) is 3. The normalized spacial score (nSPS) is 12.3. The summed E-state index contributed by atoms with van der Waals surface area (Å²) in [6, 6.07) is 10.9. The van der Waals surface area contributed by atoms with Gasteiger partial charge in [-0.1, -0.05) is 17.7 Å². The van der Waals surface area contributed by atoms with Gasteiger partial charge in [0.25, 0.3) is 0 Å². The van der Waals surface area contributed by atoms with E-state index in [1.165, 1.54) is 0 Å². The Kier molecular flexibility index (Phi) is 9.57. The third kappa shape index (κ3) is 6.71. The molecule has 8 heteroatoms. The van der Waals surface area contributed by atoms with Crippen LogP contribution in [0.3, 0.4) is 0 Å². The number of nitrogens with one attached hydrogen (secondary N) is 2. The molecule has 2 rings (SSSR count). The van der Waals surface area contributed by atoms with Gasteiger partial charge in [-0.25, -0.2) is 0 Å². The van der Waals surface area contributed by atoms with Crippen LogP contribution in [0.4, 0.5) is 0 Å². The Morgan fingerprint density at radius 3 is 2.37 bits per heavy atom. The number of aliphatic hydroxyl groups excluding tert-OH is 1. The molecule has 0 radical (unpaired) electrons. The first-order valence-electron chi connectivity index (χ1n) is 9.76. The van der Waals surface area contributed by atoms with Crippen LogP contribution < -0.4 is 24.8 Å². The third-order valence-electron chi connectivity index (χ3n) is 4.51. The summed E-state index contributed by atoms with van der Waals surface area (Å²) in [4.78, 5) is 4.50. The van der Waals surface area contributed by atoms with Crippen molar-refractivity contribution in [1.29, 1.82) is 0 Å². The molecule has 0 aliphatic heterocycles. The quantitative estimate of drug-likeness (QED) is 0.392. The Labute approximate surface area is 183 Å². The van der Waals surface area contributed by atoms with Crippen LogP contribution in [0.25, 0.3) is 0 Å². The molecule has 7 nitrogen and oxygen atoms in total. The molecule has 0 saturated heterocycles. The van der Waals surface area contributed by atoms with Crippen LogP contribution in [0.2, 0.25) is 5.02 Å². The number of hydrogen-bond acceptors (Lipinski definition) is 5. The number of aliphatic hydroxyl groups is 1. The highest BCUT2D eigenvalue weighted by molar-refractivity contribution is 6.31. The molecule has 30 heavy (non-hydrogen) atoms. The molecule has 0 saturated carbocycles. The highest BCUT2D eigenvalue weighted by atomic mass is 35.5. The van der Waals surface area contributed by atoms with Crippen molar-refractivity contribution in [3.63, 3.8) is 0 Å². The van der Waals surface area contributed by atoms with Gasteiger partial charge in [0, 0.05) is 23.7 Å². The van der Waals surface area contributed by atoms with Gasteiger partial charge < -0.3 is 30.0 Å². The van der Waals surface area contributed by atoms with Crippen molar-refractivity contribution in [1.82, 2.24) is 10.6 Å². The zero-order valence-electron chi connectivity index (χ0n) is 17.9. The number of ether oxygens (including phenoxy) is 3. The fraction of sp³-hybridized carbons (Fsp3) is 0.409. The van der Waals surface area contributed by atoms with Crippen LogP contribution in [-0.2, 0) is 6.42 Å². The number of aliphatic imine (C=N–C) groups is 1. The molecule has 1 atom stereocenters. The second kappa shape index (κ2) is 12.1. The van der Waals surface area contributed by atoms with E-state index in [1.54, 1.807) is 45.6 Å². The number of methoxy groups -OCH3 is 3. The Morgan fingerprint density at radius 1 is 1.03 bits per heavy atom. The monoisotopic (exact) mass is 435 g/mol. The second-order valence-electron chi connectivity index (χ2n) is 6.48. The maximum atomic E-state index is 10.6. The largest absolute Gasteiger partial charge is 0.497 e. The molecule has 0 heterocycles. The molecule has 0 aromatic heterocycles. The summed E-state index contributed by atoms with van der Waals surface area (Å²) >= 11 is 6.30. The van der Waals surface area contributed by atoms with Crippen LogP contribution in [0, 0.1) is 0 Å². The maximum absolute atomic E-state index is 10.6. The SMILES string of the molecule is CCNC(=NCC(O)c1cc(OC)ccc1OC)NCCc1ccc(OC)cc1Cl. The highest BCUT2D eigenvalue weighted by Crippen LogP contribution is 2.29. The highest BCUT2D eigenvalue weighted by Gasteiger charge is 2.15. The van der Waals surface area contributed by atoms with Gasteiger partial charge in [-0.2, -0.15) is 0 Å². The molecule has 2 aromatic carbocycles. The zero-order chi connectivity index (χ0) is 21.9. The topological polar surface area (TPSA) is 84.3 Å². The Morgan fingerprint density at radius 2 is 1.73 bits per heavy atom. The lowest BCUT2D eigenvalue weighted by molar-refractivity contribution is 0.182.